The van der Waals surface area contributed by atoms with Crippen LogP contribution in [0.15, 0.2) is 42.6 Å². The third kappa shape index (κ3) is 4.76. The van der Waals surface area contributed by atoms with Crippen LogP contribution in [0.1, 0.15) is 18.5 Å². The van der Waals surface area contributed by atoms with Crippen molar-refractivity contribution < 1.29 is 14.6 Å². The van der Waals surface area contributed by atoms with Crippen LogP contribution in [0.5, 0.6) is 5.88 Å². The molecule has 2 amide bonds. The van der Waals surface area contributed by atoms with E-state index in [4.69, 9.17) is 4.74 Å². The number of likely N-dealkylation sites (N-methyl/N-ethyl adjacent to an activating group) is 1. The highest BCUT2D eigenvalue weighted by molar-refractivity contribution is 5.92. The van der Waals surface area contributed by atoms with Gasteiger partial charge in [-0.15, -0.1) is 5.10 Å². The van der Waals surface area contributed by atoms with Crippen molar-refractivity contribution in [3.8, 4) is 5.88 Å². The molecule has 2 unspecified atom stereocenters. The minimum absolute atomic E-state index is 0.0761. The van der Waals surface area contributed by atoms with Crippen LogP contribution in [0, 0.1) is 0 Å². The fraction of sp³-hybridized carbons (Fsp3) is 0.316. The number of nitrogens with zero attached hydrogens (tertiary/aromatic N) is 3. The molecule has 3 aromatic rings. The average Bonchev–Trinajstić information content (AvgIpc) is 3.08. The predicted octanol–water partition coefficient (Wildman–Crippen LogP) is 2.10. The SMILES string of the molecule is CC(NC(=O)Nc1cc2[nH]nc(OCC(O)N(C)C)c2cn1)c1ccccc1. The number of nitrogens with one attached hydrogen (secondary N) is 3. The summed E-state index contributed by atoms with van der Waals surface area (Å²) in [6, 6.07) is 10.9. The summed E-state index contributed by atoms with van der Waals surface area (Å²) in [5, 5.41) is 23.0. The first-order valence-electron chi connectivity index (χ1n) is 8.88. The molecule has 0 saturated heterocycles. The number of anilines is 1. The highest BCUT2D eigenvalue weighted by Gasteiger charge is 2.14. The summed E-state index contributed by atoms with van der Waals surface area (Å²) in [5.74, 6) is 0.728. The van der Waals surface area contributed by atoms with E-state index in [2.05, 4.69) is 25.8 Å². The van der Waals surface area contributed by atoms with Crippen molar-refractivity contribution >= 4 is 22.8 Å². The van der Waals surface area contributed by atoms with E-state index in [-0.39, 0.29) is 18.7 Å². The van der Waals surface area contributed by atoms with Crippen LogP contribution in [0.25, 0.3) is 10.9 Å². The number of aliphatic hydroxyl groups is 1. The topological polar surface area (TPSA) is 115 Å². The molecule has 0 aliphatic carbocycles. The maximum atomic E-state index is 12.2. The fourth-order valence-corrected chi connectivity index (χ4v) is 2.54. The lowest BCUT2D eigenvalue weighted by atomic mass is 10.1. The van der Waals surface area contributed by atoms with E-state index in [0.717, 1.165) is 5.56 Å². The molecule has 1 aromatic carbocycles. The van der Waals surface area contributed by atoms with E-state index in [0.29, 0.717) is 22.6 Å². The number of carbonyl (C=O) groups excluding carboxylic acids is 1. The van der Waals surface area contributed by atoms with Crippen molar-refractivity contribution in [1.29, 1.82) is 0 Å². The molecular weight excluding hydrogens is 360 g/mol. The number of urea groups is 1. The molecule has 0 bridgehead atoms. The smallest absolute Gasteiger partial charge is 0.320 e. The zero-order valence-corrected chi connectivity index (χ0v) is 16.0. The summed E-state index contributed by atoms with van der Waals surface area (Å²) >= 11 is 0. The Bertz CT molecular complexity index is 928. The van der Waals surface area contributed by atoms with Gasteiger partial charge in [-0.1, -0.05) is 30.3 Å². The second-order valence-corrected chi connectivity index (χ2v) is 6.63. The third-order valence-electron chi connectivity index (χ3n) is 4.27. The molecule has 148 valence electrons. The van der Waals surface area contributed by atoms with Gasteiger partial charge in [-0.2, -0.15) is 0 Å². The van der Waals surface area contributed by atoms with Gasteiger partial charge in [0.2, 0.25) is 5.88 Å². The number of fused-ring (bicyclic) bond motifs is 1. The zero-order chi connectivity index (χ0) is 20.1. The number of rotatable bonds is 7. The van der Waals surface area contributed by atoms with Crippen molar-refractivity contribution in [3.05, 3.63) is 48.2 Å². The minimum Gasteiger partial charge on any atom is -0.472 e. The number of aromatic nitrogens is 3. The lowest BCUT2D eigenvalue weighted by molar-refractivity contribution is 0.00105. The van der Waals surface area contributed by atoms with Crippen LogP contribution in [0.4, 0.5) is 10.6 Å². The van der Waals surface area contributed by atoms with Crippen molar-refractivity contribution in [2.75, 3.05) is 26.0 Å². The van der Waals surface area contributed by atoms with Gasteiger partial charge in [0, 0.05) is 12.3 Å². The number of ether oxygens (including phenoxy) is 1. The van der Waals surface area contributed by atoms with Crippen molar-refractivity contribution in [2.24, 2.45) is 0 Å². The fourth-order valence-electron chi connectivity index (χ4n) is 2.54. The van der Waals surface area contributed by atoms with Gasteiger partial charge in [0.25, 0.3) is 0 Å². The van der Waals surface area contributed by atoms with E-state index in [1.807, 2.05) is 37.3 Å². The quantitative estimate of drug-likeness (QED) is 0.464. The monoisotopic (exact) mass is 384 g/mol. The molecule has 0 fully saturated rings. The van der Waals surface area contributed by atoms with E-state index in [9.17, 15) is 9.90 Å². The molecule has 9 nitrogen and oxygen atoms in total. The van der Waals surface area contributed by atoms with Crippen LogP contribution < -0.4 is 15.4 Å². The summed E-state index contributed by atoms with van der Waals surface area (Å²) in [5.41, 5.74) is 1.67. The second-order valence-electron chi connectivity index (χ2n) is 6.63. The van der Waals surface area contributed by atoms with Crippen LogP contribution in [-0.2, 0) is 0 Å². The number of aliphatic hydroxyl groups excluding tert-OH is 1. The summed E-state index contributed by atoms with van der Waals surface area (Å²) in [4.78, 5) is 18.1. The molecule has 9 heteroatoms. The van der Waals surface area contributed by atoms with Gasteiger partial charge < -0.3 is 15.2 Å². The maximum absolute atomic E-state index is 12.2. The van der Waals surface area contributed by atoms with Crippen molar-refractivity contribution in [2.45, 2.75) is 19.2 Å². The second kappa shape index (κ2) is 8.68. The van der Waals surface area contributed by atoms with Gasteiger partial charge in [0.05, 0.1) is 16.9 Å². The highest BCUT2D eigenvalue weighted by Crippen LogP contribution is 2.23. The number of hydrogen-bond acceptors (Lipinski definition) is 6. The van der Waals surface area contributed by atoms with Crippen LogP contribution >= 0.6 is 0 Å². The number of aromatic amines is 1. The van der Waals surface area contributed by atoms with Crippen molar-refractivity contribution in [1.82, 2.24) is 25.4 Å². The molecule has 2 aromatic heterocycles. The Morgan fingerprint density at radius 3 is 2.79 bits per heavy atom. The van der Waals surface area contributed by atoms with Crippen molar-refractivity contribution in [3.63, 3.8) is 0 Å². The molecule has 28 heavy (non-hydrogen) atoms. The number of hydrogen-bond donors (Lipinski definition) is 4. The van der Waals surface area contributed by atoms with Gasteiger partial charge in [0.15, 0.2) is 0 Å². The number of amides is 2. The molecule has 0 aliphatic heterocycles. The number of benzene rings is 1. The minimum atomic E-state index is -0.740. The maximum Gasteiger partial charge on any atom is 0.320 e. The zero-order valence-electron chi connectivity index (χ0n) is 16.0. The van der Waals surface area contributed by atoms with Gasteiger partial charge in [0.1, 0.15) is 18.7 Å². The Morgan fingerprint density at radius 2 is 2.07 bits per heavy atom. The molecule has 4 N–H and O–H groups in total. The third-order valence-corrected chi connectivity index (χ3v) is 4.27. The molecule has 0 saturated carbocycles. The van der Waals surface area contributed by atoms with E-state index < -0.39 is 6.23 Å². The lowest BCUT2D eigenvalue weighted by Gasteiger charge is -2.17. The highest BCUT2D eigenvalue weighted by atomic mass is 16.5. The number of pyridine rings is 1. The van der Waals surface area contributed by atoms with E-state index in [1.165, 1.54) is 0 Å². The first-order chi connectivity index (χ1) is 13.4. The Balaban J connectivity index is 1.62. The Kier molecular flexibility index (Phi) is 6.07. The standard InChI is InChI=1S/C19H24N6O3/c1-12(13-7-5-4-6-8-13)21-19(27)22-16-9-15-14(10-20-16)18(24-23-15)28-11-17(26)25(2)3/h4-10,12,17,26H,11H2,1-3H3,(H,23,24)(H2,20,21,22,27). The molecule has 2 atom stereocenters. The Hall–Kier alpha value is -3.17. The molecule has 3 rings (SSSR count). The number of H-pyrrole nitrogens is 1. The van der Waals surface area contributed by atoms with Gasteiger partial charge in [-0.25, -0.2) is 9.78 Å². The molecule has 2 heterocycles. The van der Waals surface area contributed by atoms with Crippen LogP contribution in [0.3, 0.4) is 0 Å². The molecule has 0 spiro atoms. The lowest BCUT2D eigenvalue weighted by Crippen LogP contribution is -2.33. The Morgan fingerprint density at radius 1 is 1.32 bits per heavy atom. The first kappa shape index (κ1) is 19.6. The summed E-state index contributed by atoms with van der Waals surface area (Å²) in [6.07, 6.45) is 0.822. The van der Waals surface area contributed by atoms with Gasteiger partial charge in [-0.05, 0) is 26.6 Å². The molecular formula is C19H24N6O3. The molecule has 0 radical (unpaired) electrons. The summed E-state index contributed by atoms with van der Waals surface area (Å²) < 4.78 is 5.53. The van der Waals surface area contributed by atoms with Gasteiger partial charge in [-0.3, -0.25) is 15.3 Å². The van der Waals surface area contributed by atoms with Gasteiger partial charge >= 0.3 is 6.03 Å². The Labute approximate surface area is 162 Å². The average molecular weight is 384 g/mol. The largest absolute Gasteiger partial charge is 0.472 e. The van der Waals surface area contributed by atoms with E-state index in [1.54, 1.807) is 31.3 Å². The van der Waals surface area contributed by atoms with E-state index >= 15 is 0 Å². The predicted molar refractivity (Wildman–Crippen MR) is 106 cm³/mol. The number of carbonyl (C=O) groups is 1. The molecule has 0 aliphatic rings. The summed E-state index contributed by atoms with van der Waals surface area (Å²) in [7, 11) is 3.50. The normalized spacial score (nSPS) is 13.3. The van der Waals surface area contributed by atoms with Crippen LogP contribution in [-0.4, -0.2) is 58.1 Å². The first-order valence-corrected chi connectivity index (χ1v) is 8.88. The summed E-state index contributed by atoms with van der Waals surface area (Å²) in [6.45, 7) is 1.99. The van der Waals surface area contributed by atoms with Crippen LogP contribution in [0.2, 0.25) is 0 Å².